The van der Waals surface area contributed by atoms with Gasteiger partial charge in [0.05, 0.1) is 12.7 Å². The van der Waals surface area contributed by atoms with Crippen molar-refractivity contribution in [2.24, 2.45) is 5.41 Å². The van der Waals surface area contributed by atoms with E-state index in [0.29, 0.717) is 19.7 Å². The second kappa shape index (κ2) is 7.49. The van der Waals surface area contributed by atoms with Gasteiger partial charge in [0.2, 0.25) is 0 Å². The third-order valence-electron chi connectivity index (χ3n) is 3.53. The molecule has 2 N–H and O–H groups in total. The van der Waals surface area contributed by atoms with Crippen LogP contribution in [0.15, 0.2) is 30.3 Å². The molecule has 5 nitrogen and oxygen atoms in total. The van der Waals surface area contributed by atoms with Gasteiger partial charge in [-0.3, -0.25) is 0 Å². The number of ether oxygens (including phenoxy) is 1. The Morgan fingerprint density at radius 3 is 2.68 bits per heavy atom. The molecule has 1 atom stereocenters. The number of amides is 2. The maximum atomic E-state index is 11.8. The van der Waals surface area contributed by atoms with Crippen LogP contribution < -0.4 is 15.5 Å². The van der Waals surface area contributed by atoms with Crippen LogP contribution in [0, 0.1) is 5.41 Å². The SMILES string of the molecule is CC(C)(C)CNC(=O)NCC1CN(c2ccccc2)CCO1. The fraction of sp³-hybridized carbons (Fsp3) is 0.588. The minimum atomic E-state index is -0.129. The van der Waals surface area contributed by atoms with E-state index in [2.05, 4.69) is 48.4 Å². The van der Waals surface area contributed by atoms with Crippen molar-refractivity contribution >= 4 is 11.7 Å². The molecule has 5 heteroatoms. The Morgan fingerprint density at radius 1 is 1.27 bits per heavy atom. The van der Waals surface area contributed by atoms with Gasteiger partial charge >= 0.3 is 6.03 Å². The maximum Gasteiger partial charge on any atom is 0.314 e. The summed E-state index contributed by atoms with van der Waals surface area (Å²) in [7, 11) is 0. The molecule has 2 amide bonds. The zero-order valence-electron chi connectivity index (χ0n) is 13.8. The summed E-state index contributed by atoms with van der Waals surface area (Å²) < 4.78 is 5.74. The van der Waals surface area contributed by atoms with Crippen LogP contribution in [-0.4, -0.2) is 44.9 Å². The number of benzene rings is 1. The average molecular weight is 305 g/mol. The van der Waals surface area contributed by atoms with Crippen molar-refractivity contribution in [1.29, 1.82) is 0 Å². The van der Waals surface area contributed by atoms with Gasteiger partial charge in [0.25, 0.3) is 0 Å². The Labute approximate surface area is 133 Å². The smallest absolute Gasteiger partial charge is 0.314 e. The standard InChI is InChI=1S/C17H27N3O2/c1-17(2,3)13-19-16(21)18-11-15-12-20(9-10-22-15)14-7-5-4-6-8-14/h4-8,15H,9-13H2,1-3H3,(H2,18,19,21). The van der Waals surface area contributed by atoms with Crippen LogP contribution in [0.5, 0.6) is 0 Å². The third-order valence-corrected chi connectivity index (χ3v) is 3.53. The summed E-state index contributed by atoms with van der Waals surface area (Å²) >= 11 is 0. The lowest BCUT2D eigenvalue weighted by molar-refractivity contribution is 0.0424. The monoisotopic (exact) mass is 305 g/mol. The number of rotatable bonds is 4. The number of carbonyl (C=O) groups is 1. The van der Waals surface area contributed by atoms with Crippen LogP contribution >= 0.6 is 0 Å². The van der Waals surface area contributed by atoms with Gasteiger partial charge in [0.15, 0.2) is 0 Å². The number of morpholine rings is 1. The van der Waals surface area contributed by atoms with Crippen LogP contribution in [0.1, 0.15) is 20.8 Å². The van der Waals surface area contributed by atoms with Gasteiger partial charge in [-0.25, -0.2) is 4.79 Å². The van der Waals surface area contributed by atoms with Gasteiger partial charge in [-0.2, -0.15) is 0 Å². The van der Waals surface area contributed by atoms with Gasteiger partial charge in [-0.1, -0.05) is 39.0 Å². The number of hydrogen-bond donors (Lipinski definition) is 2. The minimum absolute atomic E-state index is 0.0225. The first-order chi connectivity index (χ1) is 10.4. The molecular weight excluding hydrogens is 278 g/mol. The summed E-state index contributed by atoms with van der Waals surface area (Å²) in [4.78, 5) is 14.1. The van der Waals surface area contributed by atoms with E-state index in [-0.39, 0.29) is 17.6 Å². The largest absolute Gasteiger partial charge is 0.373 e. The molecule has 0 radical (unpaired) electrons. The second-order valence-electron chi connectivity index (χ2n) is 6.90. The van der Waals surface area contributed by atoms with E-state index in [1.165, 1.54) is 5.69 Å². The Bertz CT molecular complexity index is 471. The van der Waals surface area contributed by atoms with E-state index in [1.54, 1.807) is 0 Å². The quantitative estimate of drug-likeness (QED) is 0.897. The predicted octanol–water partition coefficient (Wildman–Crippen LogP) is 2.24. The highest BCUT2D eigenvalue weighted by atomic mass is 16.5. The Balaban J connectivity index is 1.75. The first kappa shape index (κ1) is 16.6. The topological polar surface area (TPSA) is 53.6 Å². The summed E-state index contributed by atoms with van der Waals surface area (Å²) in [6.45, 7) is 9.82. The number of para-hydroxylation sites is 1. The van der Waals surface area contributed by atoms with E-state index in [1.807, 2.05) is 18.2 Å². The van der Waals surface area contributed by atoms with Crippen LogP contribution in [0.4, 0.5) is 10.5 Å². The Hall–Kier alpha value is -1.75. The third kappa shape index (κ3) is 5.56. The van der Waals surface area contributed by atoms with Crippen molar-refractivity contribution in [2.45, 2.75) is 26.9 Å². The number of hydrogen-bond acceptors (Lipinski definition) is 3. The molecule has 1 unspecified atom stereocenters. The zero-order valence-corrected chi connectivity index (χ0v) is 13.8. The van der Waals surface area contributed by atoms with Crippen molar-refractivity contribution < 1.29 is 9.53 Å². The number of urea groups is 1. The number of nitrogens with one attached hydrogen (secondary N) is 2. The van der Waals surface area contributed by atoms with Gasteiger partial charge in [0.1, 0.15) is 0 Å². The molecular formula is C17H27N3O2. The molecule has 0 saturated carbocycles. The molecule has 0 aliphatic carbocycles. The highest BCUT2D eigenvalue weighted by Gasteiger charge is 2.21. The molecule has 1 aliphatic rings. The van der Waals surface area contributed by atoms with Crippen LogP contribution in [0.2, 0.25) is 0 Å². The first-order valence-corrected chi connectivity index (χ1v) is 7.87. The summed E-state index contributed by atoms with van der Waals surface area (Å²) in [5.74, 6) is 0. The molecule has 0 bridgehead atoms. The summed E-state index contributed by atoms with van der Waals surface area (Å²) in [6.07, 6.45) is 0.0225. The van der Waals surface area contributed by atoms with E-state index >= 15 is 0 Å². The molecule has 1 aliphatic heterocycles. The number of anilines is 1. The second-order valence-corrected chi connectivity index (χ2v) is 6.90. The van der Waals surface area contributed by atoms with E-state index < -0.39 is 0 Å². The van der Waals surface area contributed by atoms with Gasteiger partial charge < -0.3 is 20.3 Å². The molecule has 1 aromatic rings. The molecule has 1 saturated heterocycles. The van der Waals surface area contributed by atoms with Crippen molar-refractivity contribution in [1.82, 2.24) is 10.6 Å². The summed E-state index contributed by atoms with van der Waals surface area (Å²) in [5, 5.41) is 5.78. The highest BCUT2D eigenvalue weighted by Crippen LogP contribution is 2.16. The number of carbonyl (C=O) groups excluding carboxylic acids is 1. The molecule has 122 valence electrons. The van der Waals surface area contributed by atoms with Gasteiger partial charge in [-0.15, -0.1) is 0 Å². The normalized spacial score (nSPS) is 18.9. The van der Waals surface area contributed by atoms with E-state index in [0.717, 1.165) is 13.1 Å². The van der Waals surface area contributed by atoms with Crippen LogP contribution in [0.3, 0.4) is 0 Å². The average Bonchev–Trinajstić information content (AvgIpc) is 2.51. The zero-order chi connectivity index (χ0) is 16.0. The fourth-order valence-corrected chi connectivity index (χ4v) is 2.33. The molecule has 0 aromatic heterocycles. The van der Waals surface area contributed by atoms with Crippen LogP contribution in [0.25, 0.3) is 0 Å². The molecule has 1 fully saturated rings. The van der Waals surface area contributed by atoms with Crippen molar-refractivity contribution in [2.75, 3.05) is 37.7 Å². The predicted molar refractivity (Wildman–Crippen MR) is 89.3 cm³/mol. The molecule has 22 heavy (non-hydrogen) atoms. The fourth-order valence-electron chi connectivity index (χ4n) is 2.33. The maximum absolute atomic E-state index is 11.8. The lowest BCUT2D eigenvalue weighted by atomic mass is 9.97. The van der Waals surface area contributed by atoms with E-state index in [4.69, 9.17) is 4.74 Å². The Morgan fingerprint density at radius 2 is 2.00 bits per heavy atom. The van der Waals surface area contributed by atoms with Gasteiger partial charge in [0, 0.05) is 31.9 Å². The number of nitrogens with zero attached hydrogens (tertiary/aromatic N) is 1. The first-order valence-electron chi connectivity index (χ1n) is 7.87. The molecule has 1 aromatic carbocycles. The lowest BCUT2D eigenvalue weighted by Gasteiger charge is -2.34. The molecule has 2 rings (SSSR count). The van der Waals surface area contributed by atoms with E-state index in [9.17, 15) is 4.79 Å². The van der Waals surface area contributed by atoms with Crippen LogP contribution in [-0.2, 0) is 4.74 Å². The highest BCUT2D eigenvalue weighted by molar-refractivity contribution is 5.73. The lowest BCUT2D eigenvalue weighted by Crippen LogP contribution is -2.49. The summed E-state index contributed by atoms with van der Waals surface area (Å²) in [6, 6.07) is 10.2. The summed E-state index contributed by atoms with van der Waals surface area (Å²) in [5.41, 5.74) is 1.29. The van der Waals surface area contributed by atoms with Crippen molar-refractivity contribution in [3.63, 3.8) is 0 Å². The molecule has 0 spiro atoms. The minimum Gasteiger partial charge on any atom is -0.373 e. The molecule has 1 heterocycles. The Kier molecular flexibility index (Phi) is 5.66. The van der Waals surface area contributed by atoms with Crippen molar-refractivity contribution in [3.8, 4) is 0 Å². The van der Waals surface area contributed by atoms with Crippen molar-refractivity contribution in [3.05, 3.63) is 30.3 Å². The van der Waals surface area contributed by atoms with Gasteiger partial charge in [-0.05, 0) is 17.5 Å².